The standard InChI is InChI=1S/C28H33N3O3/c1-3-33-26-17-21-14-16-31(19-22(21)18-27(26)34-4-2)15-13-20-9-11-23(12-10-20)30-28(32)24-7-5-6-8-25(24)29/h5-12,17-18H,3-4,13-16,19,29H2,1-2H3,(H,30,32). The maximum Gasteiger partial charge on any atom is 0.257 e. The summed E-state index contributed by atoms with van der Waals surface area (Å²) in [5, 5.41) is 2.92. The number of para-hydroxylation sites is 1. The minimum atomic E-state index is -0.197. The van der Waals surface area contributed by atoms with E-state index in [2.05, 4.69) is 34.5 Å². The van der Waals surface area contributed by atoms with E-state index in [4.69, 9.17) is 15.2 Å². The number of anilines is 2. The number of carbonyl (C=O) groups excluding carboxylic acids is 1. The number of nitrogens with zero attached hydrogens (tertiary/aromatic N) is 1. The summed E-state index contributed by atoms with van der Waals surface area (Å²) in [6, 6.07) is 19.4. The van der Waals surface area contributed by atoms with Crippen LogP contribution in [0.5, 0.6) is 11.5 Å². The van der Waals surface area contributed by atoms with Crippen molar-refractivity contribution in [3.63, 3.8) is 0 Å². The molecule has 3 aromatic carbocycles. The average molecular weight is 460 g/mol. The number of hydrogen-bond acceptors (Lipinski definition) is 5. The van der Waals surface area contributed by atoms with Crippen molar-refractivity contribution in [2.45, 2.75) is 33.2 Å². The molecule has 1 heterocycles. The summed E-state index contributed by atoms with van der Waals surface area (Å²) in [6.45, 7) is 8.16. The molecule has 4 rings (SSSR count). The molecule has 0 atom stereocenters. The van der Waals surface area contributed by atoms with Crippen LogP contribution in [0.1, 0.15) is 40.9 Å². The second kappa shape index (κ2) is 11.1. The topological polar surface area (TPSA) is 76.8 Å². The Hall–Kier alpha value is -3.51. The zero-order chi connectivity index (χ0) is 23.9. The quantitative estimate of drug-likeness (QED) is 0.444. The van der Waals surface area contributed by atoms with Gasteiger partial charge in [-0.2, -0.15) is 0 Å². The van der Waals surface area contributed by atoms with Gasteiger partial charge in [0, 0.05) is 31.0 Å². The van der Waals surface area contributed by atoms with Crippen LogP contribution in [0.25, 0.3) is 0 Å². The van der Waals surface area contributed by atoms with Gasteiger partial charge >= 0.3 is 0 Å². The van der Waals surface area contributed by atoms with Gasteiger partial charge < -0.3 is 20.5 Å². The van der Waals surface area contributed by atoms with E-state index in [0.29, 0.717) is 24.5 Å². The van der Waals surface area contributed by atoms with Gasteiger partial charge in [0.15, 0.2) is 11.5 Å². The molecule has 1 aliphatic rings. The molecule has 6 heteroatoms. The van der Waals surface area contributed by atoms with Crippen LogP contribution in [0, 0.1) is 0 Å². The Morgan fingerprint density at radius 3 is 2.32 bits per heavy atom. The van der Waals surface area contributed by atoms with Crippen LogP contribution < -0.4 is 20.5 Å². The lowest BCUT2D eigenvalue weighted by molar-refractivity contribution is 0.102. The molecule has 0 unspecified atom stereocenters. The molecule has 0 fully saturated rings. The van der Waals surface area contributed by atoms with E-state index in [9.17, 15) is 4.79 Å². The van der Waals surface area contributed by atoms with Crippen molar-refractivity contribution in [3.8, 4) is 11.5 Å². The van der Waals surface area contributed by atoms with Crippen molar-refractivity contribution in [1.29, 1.82) is 0 Å². The Morgan fingerprint density at radius 1 is 0.971 bits per heavy atom. The molecule has 0 saturated carbocycles. The van der Waals surface area contributed by atoms with Crippen molar-refractivity contribution in [2.75, 3.05) is 37.4 Å². The minimum Gasteiger partial charge on any atom is -0.490 e. The summed E-state index contributed by atoms with van der Waals surface area (Å²) < 4.78 is 11.6. The normalized spacial score (nSPS) is 13.2. The molecule has 0 radical (unpaired) electrons. The van der Waals surface area contributed by atoms with E-state index < -0.39 is 0 Å². The molecule has 0 aromatic heterocycles. The third-order valence-corrected chi connectivity index (χ3v) is 6.09. The van der Waals surface area contributed by atoms with Crippen molar-refractivity contribution in [1.82, 2.24) is 4.90 Å². The van der Waals surface area contributed by atoms with Gasteiger partial charge in [-0.25, -0.2) is 0 Å². The highest BCUT2D eigenvalue weighted by molar-refractivity contribution is 6.07. The van der Waals surface area contributed by atoms with Gasteiger partial charge in [0.1, 0.15) is 0 Å². The van der Waals surface area contributed by atoms with Crippen LogP contribution in [-0.2, 0) is 19.4 Å². The largest absolute Gasteiger partial charge is 0.490 e. The first kappa shape index (κ1) is 23.6. The molecule has 3 aromatic rings. The molecule has 1 amide bonds. The molecular formula is C28H33N3O3. The number of amides is 1. The number of rotatable bonds is 9. The highest BCUT2D eigenvalue weighted by atomic mass is 16.5. The van der Waals surface area contributed by atoms with Gasteiger partial charge in [-0.3, -0.25) is 9.69 Å². The van der Waals surface area contributed by atoms with Gasteiger partial charge in [-0.1, -0.05) is 24.3 Å². The zero-order valence-corrected chi connectivity index (χ0v) is 20.0. The number of carbonyl (C=O) groups is 1. The lowest BCUT2D eigenvalue weighted by Gasteiger charge is -2.29. The van der Waals surface area contributed by atoms with Gasteiger partial charge in [0.05, 0.1) is 18.8 Å². The first-order chi connectivity index (χ1) is 16.6. The Kier molecular flexibility index (Phi) is 7.70. The molecule has 0 aliphatic carbocycles. The zero-order valence-electron chi connectivity index (χ0n) is 20.0. The SMILES string of the molecule is CCOc1cc2c(cc1OCC)CN(CCc1ccc(NC(=O)c3ccccc3N)cc1)CC2. The fraction of sp³-hybridized carbons (Fsp3) is 0.321. The molecular weight excluding hydrogens is 426 g/mol. The number of benzene rings is 3. The lowest BCUT2D eigenvalue weighted by atomic mass is 9.98. The van der Waals surface area contributed by atoms with Gasteiger partial charge in [0.2, 0.25) is 0 Å². The van der Waals surface area contributed by atoms with E-state index in [1.54, 1.807) is 12.1 Å². The Labute approximate surface area is 201 Å². The summed E-state index contributed by atoms with van der Waals surface area (Å²) in [6.07, 6.45) is 1.96. The maximum atomic E-state index is 12.5. The predicted molar refractivity (Wildman–Crippen MR) is 137 cm³/mol. The smallest absolute Gasteiger partial charge is 0.257 e. The van der Waals surface area contributed by atoms with Crippen molar-refractivity contribution >= 4 is 17.3 Å². The van der Waals surface area contributed by atoms with Crippen LogP contribution in [0.4, 0.5) is 11.4 Å². The fourth-order valence-corrected chi connectivity index (χ4v) is 4.29. The second-order valence-corrected chi connectivity index (χ2v) is 8.45. The molecule has 0 saturated heterocycles. The Bertz CT molecular complexity index is 1130. The van der Waals surface area contributed by atoms with Gasteiger partial charge in [-0.05, 0) is 79.8 Å². The number of nitrogens with one attached hydrogen (secondary N) is 1. The number of nitrogen functional groups attached to an aromatic ring is 1. The predicted octanol–water partition coefficient (Wildman–Crippen LogP) is 4.92. The lowest BCUT2D eigenvalue weighted by Crippen LogP contribution is -2.32. The maximum absolute atomic E-state index is 12.5. The number of hydrogen-bond donors (Lipinski definition) is 2. The van der Waals surface area contributed by atoms with Gasteiger partial charge in [0.25, 0.3) is 5.91 Å². The third kappa shape index (κ3) is 5.69. The minimum absolute atomic E-state index is 0.197. The molecule has 0 bridgehead atoms. The summed E-state index contributed by atoms with van der Waals surface area (Å²) in [4.78, 5) is 14.9. The Morgan fingerprint density at radius 2 is 1.65 bits per heavy atom. The second-order valence-electron chi connectivity index (χ2n) is 8.45. The molecule has 0 spiro atoms. The van der Waals surface area contributed by atoms with Crippen LogP contribution in [0.15, 0.2) is 60.7 Å². The van der Waals surface area contributed by atoms with Crippen LogP contribution >= 0.6 is 0 Å². The summed E-state index contributed by atoms with van der Waals surface area (Å²) in [7, 11) is 0. The third-order valence-electron chi connectivity index (χ3n) is 6.09. The van der Waals surface area contributed by atoms with E-state index >= 15 is 0 Å². The van der Waals surface area contributed by atoms with Crippen LogP contribution in [0.2, 0.25) is 0 Å². The van der Waals surface area contributed by atoms with Crippen molar-refractivity contribution < 1.29 is 14.3 Å². The van der Waals surface area contributed by atoms with E-state index in [-0.39, 0.29) is 5.91 Å². The first-order valence-electron chi connectivity index (χ1n) is 12.0. The highest BCUT2D eigenvalue weighted by Gasteiger charge is 2.19. The van der Waals surface area contributed by atoms with Crippen LogP contribution in [0.3, 0.4) is 0 Å². The number of nitrogens with two attached hydrogens (primary N) is 1. The van der Waals surface area contributed by atoms with Crippen molar-refractivity contribution in [3.05, 3.63) is 82.9 Å². The molecule has 3 N–H and O–H groups in total. The fourth-order valence-electron chi connectivity index (χ4n) is 4.29. The summed E-state index contributed by atoms with van der Waals surface area (Å²) >= 11 is 0. The van der Waals surface area contributed by atoms with E-state index in [1.165, 1.54) is 16.7 Å². The number of ether oxygens (including phenoxy) is 2. The van der Waals surface area contributed by atoms with Gasteiger partial charge in [-0.15, -0.1) is 0 Å². The summed E-state index contributed by atoms with van der Waals surface area (Å²) in [5.41, 5.74) is 11.5. The molecule has 178 valence electrons. The van der Waals surface area contributed by atoms with Crippen LogP contribution in [-0.4, -0.2) is 37.1 Å². The van der Waals surface area contributed by atoms with Crippen molar-refractivity contribution in [2.24, 2.45) is 0 Å². The van der Waals surface area contributed by atoms with E-state index in [0.717, 1.165) is 49.7 Å². The molecule has 6 nitrogen and oxygen atoms in total. The monoisotopic (exact) mass is 459 g/mol. The molecule has 1 aliphatic heterocycles. The Balaban J connectivity index is 1.33. The average Bonchev–Trinajstić information content (AvgIpc) is 2.84. The number of fused-ring (bicyclic) bond motifs is 1. The first-order valence-corrected chi connectivity index (χ1v) is 12.0. The summed E-state index contributed by atoms with van der Waals surface area (Å²) in [5.74, 6) is 1.48. The van der Waals surface area contributed by atoms with E-state index in [1.807, 2.05) is 38.1 Å². The molecule has 34 heavy (non-hydrogen) atoms. The highest BCUT2D eigenvalue weighted by Crippen LogP contribution is 2.34.